The second kappa shape index (κ2) is 11.6. The molecule has 0 aliphatic heterocycles. The van der Waals surface area contributed by atoms with E-state index in [9.17, 15) is 9.59 Å². The maximum absolute atomic E-state index is 12.7. The van der Waals surface area contributed by atoms with E-state index in [1.165, 1.54) is 0 Å². The second-order valence-corrected chi connectivity index (χ2v) is 6.77. The Morgan fingerprint density at radius 1 is 0.926 bits per heavy atom. The molecule has 0 heterocycles. The number of rotatable bonds is 11. The Kier molecular flexibility index (Phi) is 9.90. The summed E-state index contributed by atoms with van der Waals surface area (Å²) in [5.41, 5.74) is 2.92. The van der Waals surface area contributed by atoms with Gasteiger partial charge in [0.25, 0.3) is 0 Å². The van der Waals surface area contributed by atoms with E-state index in [0.717, 1.165) is 48.1 Å². The Hall–Kier alpha value is -2.04. The van der Waals surface area contributed by atoms with Crippen molar-refractivity contribution in [1.82, 2.24) is 0 Å². The maximum Gasteiger partial charge on any atom is 0.320 e. The van der Waals surface area contributed by atoms with Gasteiger partial charge in [-0.25, -0.2) is 0 Å². The molecule has 1 aromatic rings. The topological polar surface area (TPSA) is 61.8 Å². The molecular formula is C22H34O5. The third-order valence-electron chi connectivity index (χ3n) is 4.72. The van der Waals surface area contributed by atoms with Crippen LogP contribution >= 0.6 is 0 Å². The molecule has 0 spiro atoms. The molecule has 0 amide bonds. The van der Waals surface area contributed by atoms with E-state index in [-0.39, 0.29) is 19.1 Å². The lowest BCUT2D eigenvalue weighted by Crippen LogP contribution is -2.33. The minimum atomic E-state index is -0.950. The molecule has 5 heteroatoms. The van der Waals surface area contributed by atoms with Gasteiger partial charge in [0, 0.05) is 5.92 Å². The molecule has 27 heavy (non-hydrogen) atoms. The van der Waals surface area contributed by atoms with E-state index >= 15 is 0 Å². The van der Waals surface area contributed by atoms with Gasteiger partial charge in [-0.3, -0.25) is 9.59 Å². The summed E-state index contributed by atoms with van der Waals surface area (Å²) < 4.78 is 15.9. The van der Waals surface area contributed by atoms with E-state index in [0.29, 0.717) is 0 Å². The lowest BCUT2D eigenvalue weighted by Gasteiger charge is -2.26. The Bertz CT molecular complexity index is 582. The summed E-state index contributed by atoms with van der Waals surface area (Å²) >= 11 is 0. The van der Waals surface area contributed by atoms with Gasteiger partial charge in [0.1, 0.15) is 5.75 Å². The molecule has 152 valence electrons. The summed E-state index contributed by atoms with van der Waals surface area (Å²) in [6, 6.07) is 4.02. The first-order chi connectivity index (χ1) is 12.9. The summed E-state index contributed by atoms with van der Waals surface area (Å²) in [6.45, 7) is 10.0. The van der Waals surface area contributed by atoms with E-state index in [1.807, 2.05) is 26.0 Å². The normalized spacial score (nSPS) is 12.0. The van der Waals surface area contributed by atoms with Gasteiger partial charge in [-0.2, -0.15) is 0 Å². The van der Waals surface area contributed by atoms with Crippen molar-refractivity contribution >= 4 is 11.9 Å². The summed E-state index contributed by atoms with van der Waals surface area (Å²) in [5.74, 6) is -1.42. The van der Waals surface area contributed by atoms with Crippen LogP contribution in [0.1, 0.15) is 69.1 Å². The highest BCUT2D eigenvalue weighted by atomic mass is 16.6. The van der Waals surface area contributed by atoms with Gasteiger partial charge in [0.05, 0.1) is 20.3 Å². The Balaban J connectivity index is 3.37. The number of ether oxygens (including phenoxy) is 3. The molecule has 0 aliphatic rings. The number of carbonyl (C=O) groups is 2. The van der Waals surface area contributed by atoms with E-state index in [1.54, 1.807) is 21.0 Å². The molecule has 1 unspecified atom stereocenters. The number of hydrogen-bond acceptors (Lipinski definition) is 5. The predicted octanol–water partition coefficient (Wildman–Crippen LogP) is 4.72. The minimum absolute atomic E-state index is 0.233. The highest BCUT2D eigenvalue weighted by Gasteiger charge is 2.38. The first kappa shape index (κ1) is 23.0. The zero-order valence-electron chi connectivity index (χ0n) is 17.6. The minimum Gasteiger partial charge on any atom is -0.496 e. The zero-order valence-corrected chi connectivity index (χ0v) is 17.6. The van der Waals surface area contributed by atoms with Crippen LogP contribution in [0.5, 0.6) is 5.75 Å². The number of unbranched alkanes of at least 4 members (excludes halogenated alkanes) is 2. The highest BCUT2D eigenvalue weighted by Crippen LogP contribution is 2.36. The van der Waals surface area contributed by atoms with Gasteiger partial charge < -0.3 is 14.2 Å². The van der Waals surface area contributed by atoms with Gasteiger partial charge in [0.2, 0.25) is 0 Å². The quantitative estimate of drug-likeness (QED) is 0.317. The second-order valence-electron chi connectivity index (χ2n) is 6.77. The fraction of sp³-hybridized carbons (Fsp3) is 0.636. The third-order valence-corrected chi connectivity index (χ3v) is 4.72. The van der Waals surface area contributed by atoms with E-state index in [4.69, 9.17) is 14.2 Å². The number of esters is 2. The van der Waals surface area contributed by atoms with Gasteiger partial charge in [-0.05, 0) is 50.8 Å². The van der Waals surface area contributed by atoms with E-state index < -0.39 is 17.9 Å². The summed E-state index contributed by atoms with van der Waals surface area (Å²) in [4.78, 5) is 25.3. The van der Waals surface area contributed by atoms with Crippen LogP contribution in [0.4, 0.5) is 0 Å². The van der Waals surface area contributed by atoms with Crippen LogP contribution in [0.25, 0.3) is 0 Å². The molecule has 0 radical (unpaired) electrons. The van der Waals surface area contributed by atoms with Crippen molar-refractivity contribution in [2.75, 3.05) is 20.3 Å². The van der Waals surface area contributed by atoms with Gasteiger partial charge >= 0.3 is 11.9 Å². The fourth-order valence-electron chi connectivity index (χ4n) is 3.55. The van der Waals surface area contributed by atoms with Crippen LogP contribution in [-0.2, 0) is 19.1 Å². The van der Waals surface area contributed by atoms with E-state index in [2.05, 4.69) is 6.92 Å². The van der Waals surface area contributed by atoms with Crippen molar-refractivity contribution in [3.05, 3.63) is 28.8 Å². The van der Waals surface area contributed by atoms with Crippen molar-refractivity contribution < 1.29 is 23.8 Å². The molecule has 0 saturated heterocycles. The van der Waals surface area contributed by atoms with Gasteiger partial charge in [-0.1, -0.05) is 38.3 Å². The molecule has 0 bridgehead atoms. The van der Waals surface area contributed by atoms with Crippen molar-refractivity contribution in [1.29, 1.82) is 0 Å². The monoisotopic (exact) mass is 378 g/mol. The molecular weight excluding hydrogens is 344 g/mol. The fourth-order valence-corrected chi connectivity index (χ4v) is 3.55. The molecule has 0 N–H and O–H groups in total. The smallest absolute Gasteiger partial charge is 0.320 e. The van der Waals surface area contributed by atoms with Crippen LogP contribution in [0.15, 0.2) is 12.1 Å². The third kappa shape index (κ3) is 6.26. The standard InChI is InChI=1S/C22H34O5/c1-7-10-11-12-18(17-13-15(4)20(25-6)16(5)14-17)19(21(23)26-8-2)22(24)27-9-3/h13-14,18-19H,7-12H2,1-6H3. The summed E-state index contributed by atoms with van der Waals surface area (Å²) in [5, 5.41) is 0. The number of carbonyl (C=O) groups excluding carboxylic acids is 2. The average Bonchev–Trinajstić information content (AvgIpc) is 2.61. The summed E-state index contributed by atoms with van der Waals surface area (Å²) in [7, 11) is 1.65. The molecule has 1 aromatic carbocycles. The number of aryl methyl sites for hydroxylation is 2. The number of methoxy groups -OCH3 is 1. The van der Waals surface area contributed by atoms with Crippen molar-refractivity contribution in [3.8, 4) is 5.75 Å². The summed E-state index contributed by atoms with van der Waals surface area (Å²) in [6.07, 6.45) is 3.77. The molecule has 5 nitrogen and oxygen atoms in total. The van der Waals surface area contributed by atoms with Crippen LogP contribution < -0.4 is 4.74 Å². The molecule has 0 saturated carbocycles. The maximum atomic E-state index is 12.7. The largest absolute Gasteiger partial charge is 0.496 e. The first-order valence-corrected chi connectivity index (χ1v) is 9.89. The SMILES string of the molecule is CCCCCC(c1cc(C)c(OC)c(C)c1)C(C(=O)OCC)C(=O)OCC. The Labute approximate surface area is 163 Å². The molecule has 1 rings (SSSR count). The molecule has 0 fully saturated rings. The average molecular weight is 379 g/mol. The lowest BCUT2D eigenvalue weighted by atomic mass is 9.81. The Morgan fingerprint density at radius 3 is 1.85 bits per heavy atom. The van der Waals surface area contributed by atoms with Crippen LogP contribution in [-0.4, -0.2) is 32.3 Å². The molecule has 0 aromatic heterocycles. The highest BCUT2D eigenvalue weighted by molar-refractivity contribution is 5.96. The zero-order chi connectivity index (χ0) is 20.4. The lowest BCUT2D eigenvalue weighted by molar-refractivity contribution is -0.163. The van der Waals surface area contributed by atoms with Crippen molar-refractivity contribution in [3.63, 3.8) is 0 Å². The van der Waals surface area contributed by atoms with Crippen LogP contribution in [0, 0.1) is 19.8 Å². The van der Waals surface area contributed by atoms with Crippen molar-refractivity contribution in [2.24, 2.45) is 5.92 Å². The number of hydrogen-bond donors (Lipinski definition) is 0. The van der Waals surface area contributed by atoms with Gasteiger partial charge in [0.15, 0.2) is 5.92 Å². The first-order valence-electron chi connectivity index (χ1n) is 9.89. The van der Waals surface area contributed by atoms with Crippen LogP contribution in [0.2, 0.25) is 0 Å². The Morgan fingerprint density at radius 2 is 1.44 bits per heavy atom. The number of benzene rings is 1. The molecule has 1 atom stereocenters. The van der Waals surface area contributed by atoms with Crippen molar-refractivity contribution in [2.45, 2.75) is 66.2 Å². The predicted molar refractivity (Wildman–Crippen MR) is 106 cm³/mol. The van der Waals surface area contributed by atoms with Crippen LogP contribution in [0.3, 0.4) is 0 Å². The molecule has 0 aliphatic carbocycles. The van der Waals surface area contributed by atoms with Gasteiger partial charge in [-0.15, -0.1) is 0 Å².